The molecule has 0 aliphatic heterocycles. The zero-order chi connectivity index (χ0) is 16.4. The number of rotatable bonds is 4. The zero-order valence-corrected chi connectivity index (χ0v) is 14.4. The van der Waals surface area contributed by atoms with Gasteiger partial charge >= 0.3 is 0 Å². The Labute approximate surface area is 143 Å². The highest BCUT2D eigenvalue weighted by Gasteiger charge is 2.17. The Morgan fingerprint density at radius 3 is 2.61 bits per heavy atom. The SMILES string of the molecule is CCc1ccc(NC(=O)c2sc3ccc(OC)cc3c2Cl)cc1. The molecule has 23 heavy (non-hydrogen) atoms. The van der Waals surface area contributed by atoms with Gasteiger partial charge in [0.2, 0.25) is 0 Å². The van der Waals surface area contributed by atoms with Crippen molar-refractivity contribution in [1.29, 1.82) is 0 Å². The van der Waals surface area contributed by atoms with Gasteiger partial charge in [-0.2, -0.15) is 0 Å². The van der Waals surface area contributed by atoms with Crippen molar-refractivity contribution in [3.63, 3.8) is 0 Å². The van der Waals surface area contributed by atoms with E-state index >= 15 is 0 Å². The number of nitrogens with one attached hydrogen (secondary N) is 1. The third kappa shape index (κ3) is 3.19. The Kier molecular flexibility index (Phi) is 4.55. The summed E-state index contributed by atoms with van der Waals surface area (Å²) in [5.41, 5.74) is 1.99. The summed E-state index contributed by atoms with van der Waals surface area (Å²) < 4.78 is 6.17. The van der Waals surface area contributed by atoms with E-state index in [1.165, 1.54) is 16.9 Å². The standard InChI is InChI=1S/C18H16ClNO2S/c1-3-11-4-6-12(7-5-11)20-18(21)17-16(19)14-10-13(22-2)8-9-15(14)23-17/h4-10H,3H2,1-2H3,(H,20,21). The van der Waals surface area contributed by atoms with Crippen LogP contribution in [-0.2, 0) is 6.42 Å². The molecule has 0 atom stereocenters. The van der Waals surface area contributed by atoms with Gasteiger partial charge in [-0.05, 0) is 42.3 Å². The summed E-state index contributed by atoms with van der Waals surface area (Å²) in [4.78, 5) is 13.0. The molecule has 3 nitrogen and oxygen atoms in total. The molecular weight excluding hydrogens is 330 g/mol. The smallest absolute Gasteiger partial charge is 0.267 e. The molecule has 3 aromatic rings. The molecule has 1 amide bonds. The Hall–Kier alpha value is -2.04. The quantitative estimate of drug-likeness (QED) is 0.689. The number of methoxy groups -OCH3 is 1. The van der Waals surface area contributed by atoms with Crippen LogP contribution in [0.2, 0.25) is 5.02 Å². The first kappa shape index (κ1) is 15.8. The second-order valence-corrected chi connectivity index (χ2v) is 6.54. The first-order valence-electron chi connectivity index (χ1n) is 7.28. The first-order chi connectivity index (χ1) is 11.1. The van der Waals surface area contributed by atoms with Gasteiger partial charge in [0.25, 0.3) is 5.91 Å². The molecule has 1 heterocycles. The van der Waals surface area contributed by atoms with E-state index in [1.54, 1.807) is 7.11 Å². The Morgan fingerprint density at radius 1 is 1.22 bits per heavy atom. The van der Waals surface area contributed by atoms with E-state index in [9.17, 15) is 4.79 Å². The van der Waals surface area contributed by atoms with Gasteiger partial charge in [-0.1, -0.05) is 30.7 Å². The summed E-state index contributed by atoms with van der Waals surface area (Å²) in [5.74, 6) is 0.527. The van der Waals surface area contributed by atoms with Crippen molar-refractivity contribution >= 4 is 44.6 Å². The van der Waals surface area contributed by atoms with Crippen molar-refractivity contribution in [1.82, 2.24) is 0 Å². The van der Waals surface area contributed by atoms with Crippen LogP contribution in [0.4, 0.5) is 5.69 Å². The Bertz CT molecular complexity index is 855. The van der Waals surface area contributed by atoms with E-state index in [-0.39, 0.29) is 5.91 Å². The lowest BCUT2D eigenvalue weighted by molar-refractivity contribution is 0.103. The molecule has 2 aromatic carbocycles. The summed E-state index contributed by atoms with van der Waals surface area (Å²) in [6.07, 6.45) is 0.970. The molecule has 0 saturated heterocycles. The van der Waals surface area contributed by atoms with Gasteiger partial charge in [-0.25, -0.2) is 0 Å². The largest absolute Gasteiger partial charge is 0.497 e. The van der Waals surface area contributed by atoms with Crippen LogP contribution >= 0.6 is 22.9 Å². The van der Waals surface area contributed by atoms with Gasteiger partial charge in [0, 0.05) is 15.8 Å². The minimum atomic E-state index is -0.195. The molecule has 0 fully saturated rings. The van der Waals surface area contributed by atoms with E-state index in [1.807, 2.05) is 42.5 Å². The fraction of sp³-hybridized carbons (Fsp3) is 0.167. The third-order valence-corrected chi connectivity index (χ3v) is 5.34. The monoisotopic (exact) mass is 345 g/mol. The molecule has 0 aliphatic carbocycles. The average Bonchev–Trinajstić information content (AvgIpc) is 2.92. The highest BCUT2D eigenvalue weighted by atomic mass is 35.5. The molecule has 5 heteroatoms. The van der Waals surface area contributed by atoms with Crippen molar-refractivity contribution in [2.45, 2.75) is 13.3 Å². The van der Waals surface area contributed by atoms with Gasteiger partial charge in [0.05, 0.1) is 12.1 Å². The van der Waals surface area contributed by atoms with Crippen molar-refractivity contribution in [2.24, 2.45) is 0 Å². The summed E-state index contributed by atoms with van der Waals surface area (Å²) >= 11 is 7.77. The highest BCUT2D eigenvalue weighted by Crippen LogP contribution is 2.37. The summed E-state index contributed by atoms with van der Waals surface area (Å²) in [6.45, 7) is 2.10. The Balaban J connectivity index is 1.89. The minimum absolute atomic E-state index is 0.195. The second-order valence-electron chi connectivity index (χ2n) is 5.11. The topological polar surface area (TPSA) is 38.3 Å². The number of hydrogen-bond donors (Lipinski definition) is 1. The van der Waals surface area contributed by atoms with Crippen molar-refractivity contribution in [3.05, 3.63) is 57.9 Å². The molecule has 0 saturated carbocycles. The van der Waals surface area contributed by atoms with Crippen LogP contribution < -0.4 is 10.1 Å². The lowest BCUT2D eigenvalue weighted by atomic mass is 10.1. The predicted molar refractivity (Wildman–Crippen MR) is 97.2 cm³/mol. The second kappa shape index (κ2) is 6.60. The number of fused-ring (bicyclic) bond motifs is 1. The van der Waals surface area contributed by atoms with Crippen LogP contribution in [0, 0.1) is 0 Å². The van der Waals surface area contributed by atoms with E-state index in [4.69, 9.17) is 16.3 Å². The first-order valence-corrected chi connectivity index (χ1v) is 8.48. The number of carbonyl (C=O) groups excluding carboxylic acids is 1. The van der Waals surface area contributed by atoms with Crippen LogP contribution in [0.3, 0.4) is 0 Å². The lowest BCUT2D eigenvalue weighted by Gasteiger charge is -2.05. The molecule has 0 bridgehead atoms. The van der Waals surface area contributed by atoms with Crippen LogP contribution in [0.15, 0.2) is 42.5 Å². The summed E-state index contributed by atoms with van der Waals surface area (Å²) in [7, 11) is 1.61. The normalized spacial score (nSPS) is 10.7. The molecule has 0 unspecified atom stereocenters. The lowest BCUT2D eigenvalue weighted by Crippen LogP contribution is -2.10. The zero-order valence-electron chi connectivity index (χ0n) is 12.9. The summed E-state index contributed by atoms with van der Waals surface area (Å²) in [5, 5.41) is 4.20. The molecular formula is C18H16ClNO2S. The number of thiophene rings is 1. The van der Waals surface area contributed by atoms with Gasteiger partial charge in [0.1, 0.15) is 10.6 Å². The average molecular weight is 346 g/mol. The van der Waals surface area contributed by atoms with Crippen molar-refractivity contribution in [3.8, 4) is 5.75 Å². The molecule has 1 N–H and O–H groups in total. The van der Waals surface area contributed by atoms with E-state index in [0.717, 1.165) is 27.9 Å². The van der Waals surface area contributed by atoms with Crippen molar-refractivity contribution < 1.29 is 9.53 Å². The van der Waals surface area contributed by atoms with E-state index in [0.29, 0.717) is 9.90 Å². The molecule has 3 rings (SSSR count). The highest BCUT2D eigenvalue weighted by molar-refractivity contribution is 7.21. The maximum atomic E-state index is 12.5. The van der Waals surface area contributed by atoms with Crippen LogP contribution in [0.25, 0.3) is 10.1 Å². The van der Waals surface area contributed by atoms with Gasteiger partial charge in [0.15, 0.2) is 0 Å². The maximum absolute atomic E-state index is 12.5. The number of ether oxygens (including phenoxy) is 1. The number of benzene rings is 2. The fourth-order valence-electron chi connectivity index (χ4n) is 2.33. The fourth-order valence-corrected chi connectivity index (χ4v) is 3.72. The molecule has 0 spiro atoms. The van der Waals surface area contributed by atoms with Gasteiger partial charge < -0.3 is 10.1 Å². The maximum Gasteiger partial charge on any atom is 0.267 e. The minimum Gasteiger partial charge on any atom is -0.497 e. The number of amides is 1. The van der Waals surface area contributed by atoms with E-state index < -0.39 is 0 Å². The van der Waals surface area contributed by atoms with Crippen LogP contribution in [0.1, 0.15) is 22.2 Å². The molecule has 0 radical (unpaired) electrons. The number of anilines is 1. The van der Waals surface area contributed by atoms with Crippen molar-refractivity contribution in [2.75, 3.05) is 12.4 Å². The molecule has 0 aliphatic rings. The van der Waals surface area contributed by atoms with Crippen LogP contribution in [-0.4, -0.2) is 13.0 Å². The number of halogens is 1. The van der Waals surface area contributed by atoms with E-state index in [2.05, 4.69) is 12.2 Å². The number of hydrogen-bond acceptors (Lipinski definition) is 3. The molecule has 118 valence electrons. The Morgan fingerprint density at radius 2 is 1.96 bits per heavy atom. The molecule has 1 aromatic heterocycles. The van der Waals surface area contributed by atoms with Gasteiger partial charge in [-0.15, -0.1) is 11.3 Å². The third-order valence-electron chi connectivity index (χ3n) is 3.66. The number of carbonyl (C=O) groups is 1. The number of aryl methyl sites for hydroxylation is 1. The predicted octanol–water partition coefficient (Wildman–Crippen LogP) is 5.38. The van der Waals surface area contributed by atoms with Crippen LogP contribution in [0.5, 0.6) is 5.75 Å². The summed E-state index contributed by atoms with van der Waals surface area (Å²) in [6, 6.07) is 13.4. The van der Waals surface area contributed by atoms with Gasteiger partial charge in [-0.3, -0.25) is 4.79 Å².